The van der Waals surface area contributed by atoms with E-state index in [-0.39, 0.29) is 12.2 Å². The number of carbonyl (C=O) groups excluding carboxylic acids is 3. The highest BCUT2D eigenvalue weighted by atomic mass is 31.2. The second kappa shape index (κ2) is 13.5. The molecule has 14 heteroatoms. The normalized spacial score (nSPS) is 14.3. The molecule has 0 fully saturated rings. The Kier molecular flexibility index (Phi) is 11.1. The molecule has 0 saturated carbocycles. The van der Waals surface area contributed by atoms with Crippen molar-refractivity contribution in [3.63, 3.8) is 0 Å². The minimum Gasteiger partial charge on any atom is -0.432 e. The van der Waals surface area contributed by atoms with Crippen molar-refractivity contribution in [2.24, 2.45) is 5.10 Å². The summed E-state index contributed by atoms with van der Waals surface area (Å²) in [4.78, 5) is 35.3. The van der Waals surface area contributed by atoms with Crippen LogP contribution in [0.4, 0.5) is 9.59 Å². The molecular formula is C22H33N2O11P. The fraction of sp³-hybridized carbons (Fsp3) is 0.636. The highest BCUT2D eigenvalue weighted by Crippen LogP contribution is 2.48. The molecule has 2 rings (SSSR count). The molecule has 36 heavy (non-hydrogen) atoms. The third-order valence-electron chi connectivity index (χ3n) is 4.44. The Hall–Kier alpha value is -2.73. The van der Waals surface area contributed by atoms with Crippen LogP contribution in [0.25, 0.3) is 0 Å². The van der Waals surface area contributed by atoms with Crippen molar-refractivity contribution in [3.05, 3.63) is 23.5 Å². The molecule has 0 saturated heterocycles. The topological polar surface area (TPSA) is 150 Å². The van der Waals surface area contributed by atoms with Crippen LogP contribution >= 0.6 is 7.60 Å². The van der Waals surface area contributed by atoms with E-state index in [1.165, 1.54) is 0 Å². The Labute approximate surface area is 209 Å². The van der Waals surface area contributed by atoms with Gasteiger partial charge in [-0.05, 0) is 53.7 Å². The molecule has 0 spiro atoms. The number of fused-ring (bicyclic) bond motifs is 1. The molecule has 1 unspecified atom stereocenters. The average molecular weight is 532 g/mol. The summed E-state index contributed by atoms with van der Waals surface area (Å²) in [6.07, 6.45) is -3.34. The summed E-state index contributed by atoms with van der Waals surface area (Å²) in [6.45, 7) is 8.51. The number of ether oxygens (including phenoxy) is 5. The monoisotopic (exact) mass is 532 g/mol. The summed E-state index contributed by atoms with van der Waals surface area (Å²) >= 11 is 0. The first-order chi connectivity index (χ1) is 16.9. The van der Waals surface area contributed by atoms with Gasteiger partial charge >= 0.3 is 19.9 Å². The second-order valence-electron chi connectivity index (χ2n) is 8.49. The Morgan fingerprint density at radius 1 is 1.00 bits per heavy atom. The van der Waals surface area contributed by atoms with Gasteiger partial charge in [-0.2, -0.15) is 5.10 Å². The van der Waals surface area contributed by atoms with Crippen molar-refractivity contribution in [1.82, 2.24) is 4.68 Å². The molecule has 0 aliphatic carbocycles. The van der Waals surface area contributed by atoms with Gasteiger partial charge in [-0.15, -0.1) is 0 Å². The number of nitrogens with zero attached hydrogens (tertiary/aromatic N) is 2. The van der Waals surface area contributed by atoms with E-state index in [0.29, 0.717) is 17.8 Å². The number of carbonyl (C=O) groups is 3. The summed E-state index contributed by atoms with van der Waals surface area (Å²) in [5.74, 6) is -0.0272. The Morgan fingerprint density at radius 2 is 1.56 bits per heavy atom. The van der Waals surface area contributed by atoms with Crippen molar-refractivity contribution < 1.29 is 51.7 Å². The predicted molar refractivity (Wildman–Crippen MR) is 126 cm³/mol. The first kappa shape index (κ1) is 29.5. The van der Waals surface area contributed by atoms with Crippen LogP contribution < -0.4 is 0 Å². The fourth-order valence-corrected chi connectivity index (χ4v) is 4.02. The van der Waals surface area contributed by atoms with Gasteiger partial charge in [-0.1, -0.05) is 0 Å². The second-order valence-corrected chi connectivity index (χ2v) is 10.5. The van der Waals surface area contributed by atoms with Crippen molar-refractivity contribution in [2.75, 3.05) is 19.9 Å². The third kappa shape index (κ3) is 9.73. The number of aromatic nitrogens is 1. The number of hydrogen-bond acceptors (Lipinski definition) is 12. The summed E-state index contributed by atoms with van der Waals surface area (Å²) in [5, 5.41) is 4.41. The molecule has 0 amide bonds. The molecule has 202 valence electrons. The lowest BCUT2D eigenvalue weighted by Crippen LogP contribution is -2.21. The summed E-state index contributed by atoms with van der Waals surface area (Å²) in [6, 6.07) is 3.46. The molecule has 0 radical (unpaired) electrons. The predicted octanol–water partition coefficient (Wildman–Crippen LogP) is 4.47. The van der Waals surface area contributed by atoms with Gasteiger partial charge in [0, 0.05) is 17.8 Å². The third-order valence-corrected chi connectivity index (χ3v) is 5.90. The van der Waals surface area contributed by atoms with Gasteiger partial charge in [0.05, 0.1) is 24.7 Å². The van der Waals surface area contributed by atoms with E-state index in [1.54, 1.807) is 58.4 Å². The Balaban J connectivity index is 1.96. The summed E-state index contributed by atoms with van der Waals surface area (Å²) < 4.78 is 49.7. The maximum atomic E-state index is 13.1. The zero-order chi connectivity index (χ0) is 26.9. The highest BCUT2D eigenvalue weighted by molar-refractivity contribution is 7.53. The molecule has 0 aromatic carbocycles. The highest BCUT2D eigenvalue weighted by Gasteiger charge is 2.29. The van der Waals surface area contributed by atoms with Gasteiger partial charge < -0.3 is 23.7 Å². The average Bonchev–Trinajstić information content (AvgIpc) is 3.14. The molecular weight excluding hydrogens is 499 g/mol. The molecule has 1 aliphatic heterocycles. The lowest BCUT2D eigenvalue weighted by Gasteiger charge is -2.21. The SMILES string of the molecule is CC1=Nn2c(CC(C)OCP(=O)(OCOC(=O)OC(C)C)OCOC(=O)OC(C)C)ccc2C(=O)C1. The molecule has 1 aromatic rings. The van der Waals surface area contributed by atoms with Crippen LogP contribution in [0.3, 0.4) is 0 Å². The van der Waals surface area contributed by atoms with E-state index < -0.39 is 58.2 Å². The van der Waals surface area contributed by atoms with Crippen molar-refractivity contribution in [1.29, 1.82) is 0 Å². The number of hydrogen-bond donors (Lipinski definition) is 0. The largest absolute Gasteiger partial charge is 0.510 e. The van der Waals surface area contributed by atoms with Crippen LogP contribution in [-0.2, 0) is 43.7 Å². The zero-order valence-corrected chi connectivity index (χ0v) is 22.1. The number of Topliss-reactive ketones (excluding diaryl/α,β-unsaturated/α-hetero) is 1. The van der Waals surface area contributed by atoms with Crippen molar-refractivity contribution in [3.8, 4) is 0 Å². The van der Waals surface area contributed by atoms with Gasteiger partial charge in [-0.25, -0.2) is 14.3 Å². The lowest BCUT2D eigenvalue weighted by molar-refractivity contribution is -0.0365. The van der Waals surface area contributed by atoms with E-state index in [9.17, 15) is 18.9 Å². The van der Waals surface area contributed by atoms with Crippen molar-refractivity contribution >= 4 is 31.4 Å². The van der Waals surface area contributed by atoms with Crippen LogP contribution in [0.1, 0.15) is 64.1 Å². The van der Waals surface area contributed by atoms with Gasteiger partial charge in [0.2, 0.25) is 13.6 Å². The molecule has 1 atom stereocenters. The zero-order valence-electron chi connectivity index (χ0n) is 21.3. The van der Waals surface area contributed by atoms with Gasteiger partial charge in [0.25, 0.3) is 0 Å². The van der Waals surface area contributed by atoms with Crippen LogP contribution in [0.15, 0.2) is 17.2 Å². The maximum Gasteiger partial charge on any atom is 0.510 e. The number of ketones is 1. The number of rotatable bonds is 13. The van der Waals surface area contributed by atoms with Crippen LogP contribution in [-0.4, -0.2) is 66.7 Å². The van der Waals surface area contributed by atoms with Gasteiger partial charge in [-0.3, -0.25) is 18.4 Å². The quantitative estimate of drug-likeness (QED) is 0.201. The molecule has 0 bridgehead atoms. The van der Waals surface area contributed by atoms with E-state index in [0.717, 1.165) is 5.69 Å². The van der Waals surface area contributed by atoms with E-state index >= 15 is 0 Å². The summed E-state index contributed by atoms with van der Waals surface area (Å²) in [7, 11) is -4.06. The van der Waals surface area contributed by atoms with Crippen LogP contribution in [0, 0.1) is 0 Å². The smallest absolute Gasteiger partial charge is 0.432 e. The molecule has 13 nitrogen and oxygen atoms in total. The molecule has 2 heterocycles. The molecule has 1 aromatic heterocycles. The van der Waals surface area contributed by atoms with E-state index in [2.05, 4.69) is 5.10 Å². The van der Waals surface area contributed by atoms with Crippen LogP contribution in [0.2, 0.25) is 0 Å². The first-order valence-electron chi connectivity index (χ1n) is 11.3. The fourth-order valence-electron chi connectivity index (χ4n) is 2.93. The van der Waals surface area contributed by atoms with Gasteiger partial charge in [0.1, 0.15) is 12.0 Å². The Morgan fingerprint density at radius 3 is 2.08 bits per heavy atom. The molecule has 1 aliphatic rings. The van der Waals surface area contributed by atoms with Gasteiger partial charge in [0.15, 0.2) is 5.78 Å². The van der Waals surface area contributed by atoms with E-state index in [1.807, 2.05) is 0 Å². The lowest BCUT2D eigenvalue weighted by atomic mass is 10.1. The first-order valence-corrected chi connectivity index (χ1v) is 13.1. The standard InChI is InChI=1S/C22H33N2O11P/c1-14(2)34-21(26)29-11-32-36(28,33-12-30-22(27)35-15(3)4)13-31-17(6)10-18-7-8-19-20(25)9-16(5)23-24(18)19/h7-8,14-15,17H,9-13H2,1-6H3. The summed E-state index contributed by atoms with van der Waals surface area (Å²) in [5.41, 5.74) is 1.90. The minimum absolute atomic E-state index is 0.0272. The molecule has 0 N–H and O–H groups in total. The van der Waals surface area contributed by atoms with Crippen molar-refractivity contribution in [2.45, 2.75) is 72.7 Å². The van der Waals surface area contributed by atoms with Crippen LogP contribution in [0.5, 0.6) is 0 Å². The minimum atomic E-state index is -4.06. The Bertz CT molecular complexity index is 970. The van der Waals surface area contributed by atoms with E-state index in [4.69, 9.17) is 32.7 Å². The maximum absolute atomic E-state index is 13.1.